The van der Waals surface area contributed by atoms with Crippen LogP contribution in [0.5, 0.6) is 0 Å². The van der Waals surface area contributed by atoms with E-state index in [1.165, 1.54) is 16.7 Å². The molecule has 2 aliphatic rings. The molecular weight excluding hydrogens is 569 g/mol. The minimum absolute atomic E-state index is 0.0161. The highest BCUT2D eigenvalue weighted by Gasteiger charge is 2.49. The first-order chi connectivity index (χ1) is 22.2. The minimum Gasteiger partial charge on any atom is -0.301 e. The predicted octanol–water partition coefficient (Wildman–Crippen LogP) is 10.0. The van der Waals surface area contributed by atoms with E-state index in [4.69, 9.17) is 15.0 Å². The van der Waals surface area contributed by atoms with Gasteiger partial charge in [0.05, 0.1) is 33.2 Å². The van der Waals surface area contributed by atoms with Crippen molar-refractivity contribution < 1.29 is 0 Å². The van der Waals surface area contributed by atoms with Gasteiger partial charge in [0.15, 0.2) is 0 Å². The first kappa shape index (κ1) is 26.1. The SMILES string of the molecule is CC12C=C(c3ccccc3)C=CC1N(c1nc(-c3ccccc3)c3ccccc3n1)c1c2ccc2nc(-c3ccccc3)sc12. The molecule has 5 heteroatoms. The third-order valence-electron chi connectivity index (χ3n) is 9.14. The Kier molecular flexibility index (Phi) is 5.83. The van der Waals surface area contributed by atoms with Gasteiger partial charge in [-0.05, 0) is 35.8 Å². The van der Waals surface area contributed by atoms with Crippen molar-refractivity contribution in [2.24, 2.45) is 0 Å². The summed E-state index contributed by atoms with van der Waals surface area (Å²) in [6, 6.07) is 44.3. The molecule has 0 N–H and O–H groups in total. The summed E-state index contributed by atoms with van der Waals surface area (Å²) in [6.07, 6.45) is 7.04. The van der Waals surface area contributed by atoms with Crippen molar-refractivity contribution >= 4 is 49.7 Å². The van der Waals surface area contributed by atoms with Gasteiger partial charge in [-0.1, -0.05) is 133 Å². The van der Waals surface area contributed by atoms with Gasteiger partial charge in [-0.3, -0.25) is 0 Å². The van der Waals surface area contributed by atoms with Crippen LogP contribution in [0.1, 0.15) is 18.1 Å². The lowest BCUT2D eigenvalue weighted by Crippen LogP contribution is -2.40. The molecule has 0 radical (unpaired) electrons. The molecule has 0 spiro atoms. The third-order valence-corrected chi connectivity index (χ3v) is 10.3. The molecule has 214 valence electrons. The monoisotopic (exact) mass is 596 g/mol. The van der Waals surface area contributed by atoms with E-state index in [2.05, 4.69) is 145 Å². The lowest BCUT2D eigenvalue weighted by molar-refractivity contribution is 0.549. The second-order valence-corrected chi connectivity index (χ2v) is 12.9. The highest BCUT2D eigenvalue weighted by molar-refractivity contribution is 7.22. The van der Waals surface area contributed by atoms with Crippen molar-refractivity contribution in [3.63, 3.8) is 0 Å². The molecule has 0 bridgehead atoms. The van der Waals surface area contributed by atoms with Crippen LogP contribution < -0.4 is 4.90 Å². The summed E-state index contributed by atoms with van der Waals surface area (Å²) < 4.78 is 1.16. The average Bonchev–Trinajstić information content (AvgIpc) is 3.65. The lowest BCUT2D eigenvalue weighted by atomic mass is 9.73. The number of para-hydroxylation sites is 1. The zero-order valence-electron chi connectivity index (χ0n) is 24.6. The molecule has 0 saturated heterocycles. The maximum atomic E-state index is 5.37. The molecule has 7 aromatic rings. The van der Waals surface area contributed by atoms with Crippen LogP contribution in [0.4, 0.5) is 11.6 Å². The van der Waals surface area contributed by atoms with Gasteiger partial charge in [-0.15, -0.1) is 11.3 Å². The second kappa shape index (κ2) is 10.1. The smallest absolute Gasteiger partial charge is 0.231 e. The Balaban J connectivity index is 1.32. The van der Waals surface area contributed by atoms with Gasteiger partial charge in [-0.25, -0.2) is 15.0 Å². The molecule has 0 fully saturated rings. The molecule has 1 aliphatic carbocycles. The first-order valence-electron chi connectivity index (χ1n) is 15.2. The van der Waals surface area contributed by atoms with Gasteiger partial charge >= 0.3 is 0 Å². The van der Waals surface area contributed by atoms with Crippen molar-refractivity contribution in [1.82, 2.24) is 15.0 Å². The number of anilines is 2. The van der Waals surface area contributed by atoms with Gasteiger partial charge < -0.3 is 4.90 Å². The van der Waals surface area contributed by atoms with Gasteiger partial charge in [0, 0.05) is 21.9 Å². The van der Waals surface area contributed by atoms with E-state index < -0.39 is 0 Å². The molecule has 0 amide bonds. The molecule has 4 nitrogen and oxygen atoms in total. The quantitative estimate of drug-likeness (QED) is 0.203. The van der Waals surface area contributed by atoms with Gasteiger partial charge in [0.2, 0.25) is 5.95 Å². The van der Waals surface area contributed by atoms with Crippen LogP contribution in [0.3, 0.4) is 0 Å². The molecule has 9 rings (SSSR count). The highest BCUT2D eigenvalue weighted by Crippen LogP contribution is 2.56. The summed E-state index contributed by atoms with van der Waals surface area (Å²) in [5, 5.41) is 2.06. The number of benzene rings is 5. The molecule has 3 heterocycles. The number of fused-ring (bicyclic) bond motifs is 6. The highest BCUT2D eigenvalue weighted by atomic mass is 32.1. The summed E-state index contributed by atoms with van der Waals surface area (Å²) in [7, 11) is 0. The van der Waals surface area contributed by atoms with Crippen LogP contribution in [0.2, 0.25) is 0 Å². The Morgan fingerprint density at radius 3 is 2.07 bits per heavy atom. The molecular formula is C40H28N4S. The molecule has 2 atom stereocenters. The van der Waals surface area contributed by atoms with E-state index in [1.54, 1.807) is 11.3 Å². The van der Waals surface area contributed by atoms with E-state index in [9.17, 15) is 0 Å². The molecule has 2 unspecified atom stereocenters. The van der Waals surface area contributed by atoms with Crippen molar-refractivity contribution in [2.75, 3.05) is 4.90 Å². The fraction of sp³-hybridized carbons (Fsp3) is 0.0750. The van der Waals surface area contributed by atoms with Crippen LogP contribution in [0, 0.1) is 0 Å². The minimum atomic E-state index is -0.317. The maximum Gasteiger partial charge on any atom is 0.231 e. The number of hydrogen-bond acceptors (Lipinski definition) is 5. The summed E-state index contributed by atoms with van der Waals surface area (Å²) in [5.41, 5.74) is 9.59. The number of rotatable bonds is 4. The van der Waals surface area contributed by atoms with Gasteiger partial charge in [-0.2, -0.15) is 0 Å². The molecule has 1 aliphatic heterocycles. The van der Waals surface area contributed by atoms with Crippen molar-refractivity contribution in [3.8, 4) is 21.8 Å². The van der Waals surface area contributed by atoms with Crippen LogP contribution in [-0.4, -0.2) is 21.0 Å². The van der Waals surface area contributed by atoms with Crippen LogP contribution in [-0.2, 0) is 5.41 Å². The zero-order chi connectivity index (χ0) is 30.0. The number of hydrogen-bond donors (Lipinski definition) is 0. The zero-order valence-corrected chi connectivity index (χ0v) is 25.4. The van der Waals surface area contributed by atoms with Crippen molar-refractivity contribution in [2.45, 2.75) is 18.4 Å². The fourth-order valence-corrected chi connectivity index (χ4v) is 8.07. The van der Waals surface area contributed by atoms with Crippen molar-refractivity contribution in [1.29, 1.82) is 0 Å². The van der Waals surface area contributed by atoms with Crippen LogP contribution in [0.25, 0.3) is 48.5 Å². The van der Waals surface area contributed by atoms with Crippen LogP contribution >= 0.6 is 11.3 Å². The Morgan fingerprint density at radius 2 is 1.31 bits per heavy atom. The molecule has 45 heavy (non-hydrogen) atoms. The van der Waals surface area contributed by atoms with Gasteiger partial charge in [0.25, 0.3) is 0 Å². The third kappa shape index (κ3) is 4.08. The Labute approximate surface area is 265 Å². The van der Waals surface area contributed by atoms with E-state index in [0.29, 0.717) is 5.95 Å². The molecule has 2 aromatic heterocycles. The van der Waals surface area contributed by atoms with Crippen molar-refractivity contribution in [3.05, 3.63) is 157 Å². The number of aromatic nitrogens is 3. The largest absolute Gasteiger partial charge is 0.301 e. The van der Waals surface area contributed by atoms with E-state index in [-0.39, 0.29) is 11.5 Å². The summed E-state index contributed by atoms with van der Waals surface area (Å²) in [4.78, 5) is 18.1. The average molecular weight is 597 g/mol. The normalized spacial score (nSPS) is 18.6. The van der Waals surface area contributed by atoms with Gasteiger partial charge in [0.1, 0.15) is 5.01 Å². The lowest BCUT2D eigenvalue weighted by Gasteiger charge is -2.35. The standard InChI is InChI=1S/C40H28N4S/c1-40-25-29(26-13-5-2-6-14-26)21-24-34(40)44(36-31(40)22-23-33-37(36)45-38(41-33)28-17-9-4-10-18-28)39-42-32-20-12-11-19-30(32)35(43-39)27-15-7-3-8-16-27/h2-25,34H,1H3. The Hall–Kier alpha value is -5.39. The van der Waals surface area contributed by atoms with Crippen LogP contribution in [0.15, 0.2) is 146 Å². The summed E-state index contributed by atoms with van der Waals surface area (Å²) in [5.74, 6) is 0.700. The maximum absolute atomic E-state index is 5.37. The summed E-state index contributed by atoms with van der Waals surface area (Å²) >= 11 is 1.75. The second-order valence-electron chi connectivity index (χ2n) is 11.9. The molecule has 5 aromatic carbocycles. The Morgan fingerprint density at radius 1 is 0.644 bits per heavy atom. The van der Waals surface area contributed by atoms with E-state index >= 15 is 0 Å². The topological polar surface area (TPSA) is 41.9 Å². The first-order valence-corrected chi connectivity index (χ1v) is 16.1. The number of allylic oxidation sites excluding steroid dienone is 2. The van der Waals surface area contributed by atoms with E-state index in [1.807, 2.05) is 12.1 Å². The Bertz CT molecular complexity index is 2290. The number of thiazole rings is 1. The fourth-order valence-electron chi connectivity index (χ4n) is 6.96. The predicted molar refractivity (Wildman–Crippen MR) is 187 cm³/mol. The number of nitrogens with zero attached hydrogens (tertiary/aromatic N) is 4. The molecule has 0 saturated carbocycles. The summed E-state index contributed by atoms with van der Waals surface area (Å²) in [6.45, 7) is 2.35. The van der Waals surface area contributed by atoms with E-state index in [0.717, 1.165) is 48.6 Å².